The molecular weight excluding hydrogens is 256 g/mol. The van der Waals surface area contributed by atoms with E-state index in [-0.39, 0.29) is 4.75 Å². The summed E-state index contributed by atoms with van der Waals surface area (Å²) >= 11 is 0. The van der Waals surface area contributed by atoms with Gasteiger partial charge < -0.3 is 0 Å². The summed E-state index contributed by atoms with van der Waals surface area (Å²) in [6.07, 6.45) is 7.82. The molecule has 0 spiro atoms. The molecular formula is C15H24N2OS. The molecule has 0 amide bonds. The van der Waals surface area contributed by atoms with Crippen LogP contribution in [0.15, 0.2) is 24.4 Å². The van der Waals surface area contributed by atoms with Gasteiger partial charge in [-0.25, -0.2) is 4.21 Å². The van der Waals surface area contributed by atoms with E-state index in [1.165, 1.54) is 25.7 Å². The minimum atomic E-state index is -1.30. The van der Waals surface area contributed by atoms with Crippen LogP contribution in [0.2, 0.25) is 0 Å². The van der Waals surface area contributed by atoms with Gasteiger partial charge in [-0.1, -0.05) is 18.9 Å². The number of hydrogen-bond donors (Lipinski definition) is 1. The Kier molecular flexibility index (Phi) is 4.74. The molecule has 3 nitrogen and oxygen atoms in total. The first kappa shape index (κ1) is 14.7. The summed E-state index contributed by atoms with van der Waals surface area (Å²) in [5.41, 5.74) is 1.13. The van der Waals surface area contributed by atoms with E-state index in [9.17, 15) is 4.21 Å². The fourth-order valence-corrected chi connectivity index (χ4v) is 3.42. The Morgan fingerprint density at radius 2 is 2.11 bits per heavy atom. The second kappa shape index (κ2) is 6.14. The molecule has 1 aromatic rings. The van der Waals surface area contributed by atoms with E-state index < -0.39 is 11.0 Å². The average Bonchev–Trinajstić information content (AvgIpc) is 2.90. The predicted octanol–water partition coefficient (Wildman–Crippen LogP) is 3.15. The maximum Gasteiger partial charge on any atom is 0.0945 e. The molecule has 106 valence electrons. The molecule has 1 heterocycles. The van der Waals surface area contributed by atoms with Crippen molar-refractivity contribution in [3.05, 3.63) is 30.1 Å². The Balaban J connectivity index is 2.22. The maximum atomic E-state index is 11.7. The van der Waals surface area contributed by atoms with Crippen molar-refractivity contribution < 1.29 is 4.21 Å². The minimum absolute atomic E-state index is 0.356. The Morgan fingerprint density at radius 1 is 1.42 bits per heavy atom. The molecule has 2 atom stereocenters. The molecule has 4 heteroatoms. The molecule has 0 saturated heterocycles. The van der Waals surface area contributed by atoms with Gasteiger partial charge in [0.05, 0.1) is 15.7 Å². The van der Waals surface area contributed by atoms with E-state index in [0.29, 0.717) is 11.8 Å². The Bertz CT molecular complexity index is 427. The van der Waals surface area contributed by atoms with Crippen molar-refractivity contribution in [3.63, 3.8) is 0 Å². The van der Waals surface area contributed by atoms with Crippen LogP contribution >= 0.6 is 0 Å². The third-order valence-corrected chi connectivity index (χ3v) is 5.55. The van der Waals surface area contributed by atoms with Gasteiger partial charge in [-0.3, -0.25) is 10.1 Å². The summed E-state index contributed by atoms with van der Waals surface area (Å²) < 4.78 is 11.4. The largest absolute Gasteiger partial charge is 0.261 e. The zero-order valence-corrected chi connectivity index (χ0v) is 12.7. The molecule has 0 aliphatic heterocycles. The van der Waals surface area contributed by atoms with Crippen molar-refractivity contribution in [2.75, 3.05) is 0 Å². The third kappa shape index (κ3) is 3.63. The van der Waals surface area contributed by atoms with Gasteiger partial charge in [0.1, 0.15) is 0 Å². The molecule has 0 bridgehead atoms. The molecule has 1 aliphatic carbocycles. The smallest absolute Gasteiger partial charge is 0.0945 e. The van der Waals surface area contributed by atoms with Crippen molar-refractivity contribution in [2.45, 2.75) is 56.6 Å². The first-order valence-corrected chi connectivity index (χ1v) is 8.29. The van der Waals surface area contributed by atoms with Crippen molar-refractivity contribution >= 4 is 11.0 Å². The number of pyridine rings is 1. The quantitative estimate of drug-likeness (QED) is 0.900. The second-order valence-corrected chi connectivity index (χ2v) is 7.87. The van der Waals surface area contributed by atoms with Crippen LogP contribution in [0, 0.1) is 5.92 Å². The number of hydrogen-bond acceptors (Lipinski definition) is 2. The fourth-order valence-electron chi connectivity index (χ4n) is 3.08. The number of rotatable bonds is 5. The number of nitrogens with two attached hydrogens (primary N) is 1. The standard InChI is InChI=1S/C15H24N2OS/c1-15(2,19(16)18)11-13(12-7-3-4-8-12)14-9-5-6-10-17-14/h5-6,9-10,12-13H,3-4,7-8,11,16H2,1-2H3. The molecule has 2 N–H and O–H groups in total. The lowest BCUT2D eigenvalue weighted by Gasteiger charge is -2.30. The van der Waals surface area contributed by atoms with Crippen molar-refractivity contribution in [1.82, 2.24) is 4.98 Å². The highest BCUT2D eigenvalue weighted by Crippen LogP contribution is 2.41. The second-order valence-electron chi connectivity index (χ2n) is 6.17. The van der Waals surface area contributed by atoms with Gasteiger partial charge in [0.2, 0.25) is 0 Å². The first-order valence-electron chi connectivity index (χ1n) is 7.08. The highest BCUT2D eigenvalue weighted by atomic mass is 32.2. The maximum absolute atomic E-state index is 11.7. The molecule has 2 unspecified atom stereocenters. The Hall–Kier alpha value is -0.740. The van der Waals surface area contributed by atoms with Crippen LogP contribution in [0.1, 0.15) is 57.6 Å². The van der Waals surface area contributed by atoms with E-state index in [0.717, 1.165) is 12.1 Å². The van der Waals surface area contributed by atoms with Crippen LogP contribution in [-0.2, 0) is 11.0 Å². The SMILES string of the molecule is CC(C)(CC(c1ccccn1)C1CCCC1)S(N)=O. The lowest BCUT2D eigenvalue weighted by molar-refractivity contribution is 0.373. The molecule has 1 saturated carbocycles. The molecule has 1 aliphatic rings. The lowest BCUT2D eigenvalue weighted by atomic mass is 9.81. The summed E-state index contributed by atoms with van der Waals surface area (Å²) in [5, 5.41) is 5.65. The van der Waals surface area contributed by atoms with Crippen LogP contribution in [0.3, 0.4) is 0 Å². The highest BCUT2D eigenvalue weighted by Gasteiger charge is 2.34. The third-order valence-electron chi connectivity index (χ3n) is 4.29. The van der Waals surface area contributed by atoms with Crippen LogP contribution in [0.25, 0.3) is 0 Å². The van der Waals surface area contributed by atoms with Crippen molar-refractivity contribution in [3.8, 4) is 0 Å². The van der Waals surface area contributed by atoms with E-state index >= 15 is 0 Å². The number of nitrogens with zero attached hydrogens (tertiary/aromatic N) is 1. The van der Waals surface area contributed by atoms with E-state index in [4.69, 9.17) is 5.14 Å². The van der Waals surface area contributed by atoms with Crippen molar-refractivity contribution in [1.29, 1.82) is 0 Å². The van der Waals surface area contributed by atoms with Gasteiger partial charge in [-0.05, 0) is 51.2 Å². The van der Waals surface area contributed by atoms with Crippen molar-refractivity contribution in [2.24, 2.45) is 11.1 Å². The summed E-state index contributed by atoms with van der Waals surface area (Å²) in [5.74, 6) is 1.05. The zero-order chi connectivity index (χ0) is 13.9. The highest BCUT2D eigenvalue weighted by molar-refractivity contribution is 7.84. The summed E-state index contributed by atoms with van der Waals surface area (Å²) in [6.45, 7) is 3.99. The lowest BCUT2D eigenvalue weighted by Crippen LogP contribution is -2.35. The fraction of sp³-hybridized carbons (Fsp3) is 0.667. The molecule has 0 radical (unpaired) electrons. The zero-order valence-electron chi connectivity index (χ0n) is 11.8. The van der Waals surface area contributed by atoms with Gasteiger partial charge in [-0.15, -0.1) is 0 Å². The van der Waals surface area contributed by atoms with Crippen LogP contribution < -0.4 is 5.14 Å². The van der Waals surface area contributed by atoms with E-state index in [1.807, 2.05) is 32.2 Å². The first-order chi connectivity index (χ1) is 9.00. The minimum Gasteiger partial charge on any atom is -0.261 e. The molecule has 1 aromatic heterocycles. The normalized spacial score (nSPS) is 20.4. The Labute approximate surface area is 118 Å². The van der Waals surface area contributed by atoms with Gasteiger partial charge in [0.15, 0.2) is 0 Å². The van der Waals surface area contributed by atoms with E-state index in [2.05, 4.69) is 11.1 Å². The van der Waals surface area contributed by atoms with E-state index in [1.54, 1.807) is 0 Å². The molecule has 0 aromatic carbocycles. The number of aromatic nitrogens is 1. The topological polar surface area (TPSA) is 56.0 Å². The van der Waals surface area contributed by atoms with Gasteiger partial charge >= 0.3 is 0 Å². The van der Waals surface area contributed by atoms with Crippen LogP contribution in [0.4, 0.5) is 0 Å². The summed E-state index contributed by atoms with van der Waals surface area (Å²) in [6, 6.07) is 6.08. The summed E-state index contributed by atoms with van der Waals surface area (Å²) in [7, 11) is -1.30. The molecule has 1 fully saturated rings. The molecule has 19 heavy (non-hydrogen) atoms. The van der Waals surface area contributed by atoms with Crippen LogP contribution in [-0.4, -0.2) is 13.9 Å². The van der Waals surface area contributed by atoms with Gasteiger partial charge in [0, 0.05) is 17.8 Å². The van der Waals surface area contributed by atoms with Crippen LogP contribution in [0.5, 0.6) is 0 Å². The molecule has 2 rings (SSSR count). The summed E-state index contributed by atoms with van der Waals surface area (Å²) in [4.78, 5) is 4.53. The predicted molar refractivity (Wildman–Crippen MR) is 80.0 cm³/mol. The average molecular weight is 280 g/mol. The van der Waals surface area contributed by atoms with Gasteiger partial charge in [-0.2, -0.15) is 0 Å². The van der Waals surface area contributed by atoms with Gasteiger partial charge in [0.25, 0.3) is 0 Å². The monoisotopic (exact) mass is 280 g/mol. The Morgan fingerprint density at radius 3 is 2.63 bits per heavy atom.